The summed E-state index contributed by atoms with van der Waals surface area (Å²) >= 11 is 0. The topological polar surface area (TPSA) is 56.8 Å². The molecule has 65 heavy (non-hydrogen) atoms. The summed E-state index contributed by atoms with van der Waals surface area (Å²) in [5.74, 6) is 1.01. The molecule has 0 unspecified atom stereocenters. The zero-order valence-electron chi connectivity index (χ0n) is 35.3. The third kappa shape index (κ3) is 5.65. The molecule has 9 aromatic carbocycles. The molecule has 0 aliphatic rings. The summed E-state index contributed by atoms with van der Waals surface area (Å²) in [4.78, 5) is 15.3. The van der Waals surface area contributed by atoms with E-state index in [4.69, 9.17) is 9.98 Å². The van der Waals surface area contributed by atoms with Gasteiger partial charge in [0.1, 0.15) is 6.67 Å². The lowest BCUT2D eigenvalue weighted by Gasteiger charge is -2.12. The van der Waals surface area contributed by atoms with Gasteiger partial charge in [-0.3, -0.25) is 4.57 Å². The Hall–Kier alpha value is -8.81. The molecule has 0 spiro atoms. The van der Waals surface area contributed by atoms with Gasteiger partial charge in [0.05, 0.1) is 44.1 Å². The van der Waals surface area contributed by atoms with Gasteiger partial charge in [-0.15, -0.1) is 0 Å². The predicted molar refractivity (Wildman–Crippen MR) is 273 cm³/mol. The summed E-state index contributed by atoms with van der Waals surface area (Å²) in [5, 5.41) is 9.47. The van der Waals surface area contributed by atoms with Crippen LogP contribution in [0.2, 0.25) is 0 Å². The van der Waals surface area contributed by atoms with Gasteiger partial charge in [0.25, 0.3) is 0 Å². The highest BCUT2D eigenvalue weighted by Gasteiger charge is 2.20. The molecule has 7 nitrogen and oxygen atoms in total. The van der Waals surface area contributed by atoms with Gasteiger partial charge >= 0.3 is 0 Å². The Bertz CT molecular complexity index is 4010. The lowest BCUT2D eigenvalue weighted by atomic mass is 10.1. The second kappa shape index (κ2) is 14.6. The molecule has 0 atom stereocenters. The number of fused-ring (bicyclic) bond motifs is 12. The largest absolute Gasteiger partial charge is 0.320 e. The van der Waals surface area contributed by atoms with Gasteiger partial charge in [0.2, 0.25) is 5.96 Å². The van der Waals surface area contributed by atoms with Crippen molar-refractivity contribution in [2.75, 3.05) is 0 Å². The van der Waals surface area contributed by atoms with E-state index in [1.54, 1.807) is 0 Å². The predicted octanol–water partition coefficient (Wildman–Crippen LogP) is 14.1. The van der Waals surface area contributed by atoms with Crippen LogP contribution in [0, 0.1) is 0 Å². The fourth-order valence-corrected chi connectivity index (χ4v) is 10.2. The fourth-order valence-electron chi connectivity index (χ4n) is 10.2. The van der Waals surface area contributed by atoms with Crippen molar-refractivity contribution in [2.45, 2.75) is 6.67 Å². The summed E-state index contributed by atoms with van der Waals surface area (Å²) in [6.45, 7) is 4.30. The minimum atomic E-state index is 0.310. The third-order valence-electron chi connectivity index (χ3n) is 13.0. The molecule has 0 aliphatic carbocycles. The maximum Gasteiger partial charge on any atom is 0.233 e. The molecule has 0 fully saturated rings. The second-order valence-electron chi connectivity index (χ2n) is 16.5. The van der Waals surface area contributed by atoms with Crippen molar-refractivity contribution >= 4 is 106 Å². The van der Waals surface area contributed by atoms with Crippen molar-refractivity contribution in [1.29, 1.82) is 0 Å². The molecule has 0 radical (unpaired) electrons. The molecule has 4 heterocycles. The summed E-state index contributed by atoms with van der Waals surface area (Å²) in [5.41, 5.74) is 11.9. The molecule has 4 aromatic heterocycles. The van der Waals surface area contributed by atoms with Crippen LogP contribution in [-0.2, 0) is 6.67 Å². The molecule has 13 rings (SSSR count). The van der Waals surface area contributed by atoms with E-state index in [0.29, 0.717) is 18.5 Å². The molecule has 0 aliphatic heterocycles. The van der Waals surface area contributed by atoms with Crippen LogP contribution >= 0.6 is 0 Å². The highest BCUT2D eigenvalue weighted by molar-refractivity contribution is 6.18. The smallest absolute Gasteiger partial charge is 0.233 e. The van der Waals surface area contributed by atoms with Crippen LogP contribution in [0.3, 0.4) is 0 Å². The Morgan fingerprint density at radius 1 is 0.369 bits per heavy atom. The Labute approximate surface area is 373 Å². The number of amidine groups is 1. The number of aromatic nitrogens is 4. The zero-order valence-corrected chi connectivity index (χ0v) is 35.3. The van der Waals surface area contributed by atoms with Crippen molar-refractivity contribution < 1.29 is 0 Å². The van der Waals surface area contributed by atoms with E-state index in [-0.39, 0.29) is 0 Å². The summed E-state index contributed by atoms with van der Waals surface area (Å²) in [7, 11) is 0. The summed E-state index contributed by atoms with van der Waals surface area (Å²) < 4.78 is 9.23. The molecule has 0 N–H and O–H groups in total. The average molecular weight is 834 g/mol. The Kier molecular flexibility index (Phi) is 8.29. The summed E-state index contributed by atoms with van der Waals surface area (Å²) in [6, 6.07) is 75.3. The maximum absolute atomic E-state index is 5.49. The van der Waals surface area contributed by atoms with E-state index in [0.717, 1.165) is 60.5 Å². The number of para-hydroxylation sites is 6. The van der Waals surface area contributed by atoms with Crippen molar-refractivity contribution in [3.8, 4) is 11.4 Å². The van der Waals surface area contributed by atoms with Crippen LogP contribution in [0.1, 0.15) is 5.56 Å². The monoisotopic (exact) mass is 833 g/mol. The van der Waals surface area contributed by atoms with Crippen molar-refractivity contribution in [1.82, 2.24) is 18.3 Å². The van der Waals surface area contributed by atoms with E-state index >= 15 is 0 Å². The molecule has 0 saturated carbocycles. The van der Waals surface area contributed by atoms with Crippen molar-refractivity contribution in [2.24, 2.45) is 15.0 Å². The molecular formula is C58H39N7. The van der Waals surface area contributed by atoms with Gasteiger partial charge in [0.15, 0.2) is 5.84 Å². The zero-order chi connectivity index (χ0) is 43.0. The minimum absolute atomic E-state index is 0.310. The van der Waals surface area contributed by atoms with Gasteiger partial charge < -0.3 is 13.7 Å². The van der Waals surface area contributed by atoms with Gasteiger partial charge in [-0.05, 0) is 79.5 Å². The molecule has 306 valence electrons. The summed E-state index contributed by atoms with van der Waals surface area (Å²) in [6.07, 6.45) is 0. The second-order valence-corrected chi connectivity index (χ2v) is 16.5. The number of hydrogen-bond donors (Lipinski definition) is 0. The normalized spacial score (nSPS) is 12.6. The van der Waals surface area contributed by atoms with Crippen LogP contribution < -0.4 is 0 Å². The van der Waals surface area contributed by atoms with Crippen LogP contribution in [0.15, 0.2) is 227 Å². The quantitative estimate of drug-likeness (QED) is 0.123. The van der Waals surface area contributed by atoms with E-state index in [1.807, 2.05) is 30.3 Å². The first-order chi connectivity index (χ1) is 32.2. The molecule has 0 amide bonds. The molecular weight excluding hydrogens is 795 g/mol. The Morgan fingerprint density at radius 3 is 1.25 bits per heavy atom. The number of rotatable bonds is 5. The number of hydrogen-bond acceptors (Lipinski definition) is 1. The van der Waals surface area contributed by atoms with Crippen molar-refractivity contribution in [3.63, 3.8) is 0 Å². The lowest BCUT2D eigenvalue weighted by Crippen LogP contribution is -2.14. The highest BCUT2D eigenvalue weighted by Crippen LogP contribution is 2.38. The first-order valence-electron chi connectivity index (χ1n) is 21.9. The van der Waals surface area contributed by atoms with E-state index in [1.165, 1.54) is 43.6 Å². The maximum atomic E-state index is 5.49. The number of nitrogens with zero attached hydrogens (tertiary/aromatic N) is 7. The van der Waals surface area contributed by atoms with Gasteiger partial charge in [-0.1, -0.05) is 140 Å². The Morgan fingerprint density at radius 2 is 0.738 bits per heavy atom. The first kappa shape index (κ1) is 36.8. The van der Waals surface area contributed by atoms with Crippen LogP contribution in [0.5, 0.6) is 0 Å². The van der Waals surface area contributed by atoms with Gasteiger partial charge in [-0.2, -0.15) is 4.99 Å². The molecule has 7 heteroatoms. The Balaban J connectivity index is 1.02. The van der Waals surface area contributed by atoms with Gasteiger partial charge in [-0.25, -0.2) is 9.98 Å². The average Bonchev–Trinajstić information content (AvgIpc) is 4.09. The first-order valence-corrected chi connectivity index (χ1v) is 21.9. The third-order valence-corrected chi connectivity index (χ3v) is 13.0. The van der Waals surface area contributed by atoms with E-state index in [9.17, 15) is 0 Å². The number of aliphatic imine (C=N–C) groups is 3. The fraction of sp³-hybridized carbons (Fsp3) is 0.0172. The SMILES string of the molecule is C=N/C(=N\C(=N/Cn1c2ccccc2c2cc(-n3c4ccccc4c4ccccc43)ccc21)n1c2ccccc2c2cc(-n3c4ccccc4c4ccccc43)ccc21)c1ccccc1. The standard InChI is InChI=1S/C58H39N7/c1-59-57(38-17-3-2-4-18-38)61-58(65-55-30-16-10-24-46(55)48-36-40(32-34-56(48)65)64-53-28-14-8-21-43(53)44-22-9-15-29-54(44)64)60-37-62-49-25-11-5-23-45(49)47-35-39(31-33-50(47)62)63-51-26-12-6-19-41(51)42-20-7-13-27-52(42)63/h2-36H,1,37H2/b60-58+,61-57-. The van der Waals surface area contributed by atoms with E-state index < -0.39 is 0 Å². The minimum Gasteiger partial charge on any atom is -0.320 e. The van der Waals surface area contributed by atoms with Crippen LogP contribution in [0.25, 0.3) is 98.6 Å². The lowest BCUT2D eigenvalue weighted by molar-refractivity contribution is 0.785. The van der Waals surface area contributed by atoms with Crippen LogP contribution in [-0.4, -0.2) is 36.8 Å². The van der Waals surface area contributed by atoms with Gasteiger partial charge in [0, 0.05) is 60.0 Å². The number of benzene rings is 9. The highest BCUT2D eigenvalue weighted by atomic mass is 15.2. The molecule has 0 saturated heterocycles. The molecule has 13 aromatic rings. The molecule has 0 bridgehead atoms. The van der Waals surface area contributed by atoms with Crippen molar-refractivity contribution in [3.05, 3.63) is 218 Å². The van der Waals surface area contributed by atoms with E-state index in [2.05, 4.69) is 212 Å². The van der Waals surface area contributed by atoms with Crippen LogP contribution in [0.4, 0.5) is 0 Å².